The van der Waals surface area contributed by atoms with E-state index in [1.165, 1.54) is 103 Å². The number of likely N-dealkylation sites (N-methyl/N-ethyl adjacent to an activating group) is 1. The molecule has 0 fully saturated rings. The zero-order valence-electron chi connectivity index (χ0n) is 41.5. The molecule has 0 amide bonds. The van der Waals surface area contributed by atoms with Crippen LogP contribution in [-0.4, -0.2) is 70.7 Å². The second kappa shape index (κ2) is 46.5. The van der Waals surface area contributed by atoms with Gasteiger partial charge in [0.25, 0.3) is 7.82 Å². The van der Waals surface area contributed by atoms with Crippen LogP contribution in [0.4, 0.5) is 0 Å². The molecule has 0 saturated heterocycles. The number of unbranched alkanes of at least 4 members (excludes halogenated alkanes) is 21. The zero-order chi connectivity index (χ0) is 46.2. The van der Waals surface area contributed by atoms with Gasteiger partial charge < -0.3 is 27.9 Å². The smallest absolute Gasteiger partial charge is 0.306 e. The van der Waals surface area contributed by atoms with Crippen molar-refractivity contribution in [2.45, 2.75) is 213 Å². The van der Waals surface area contributed by atoms with Crippen LogP contribution in [0.3, 0.4) is 0 Å². The number of allylic oxidation sites excluding steroid dienone is 12. The first kappa shape index (κ1) is 60.9. The van der Waals surface area contributed by atoms with Crippen LogP contribution in [0, 0.1) is 0 Å². The largest absolute Gasteiger partial charge is 0.756 e. The van der Waals surface area contributed by atoms with Gasteiger partial charge in [-0.2, -0.15) is 0 Å². The average molecular weight is 904 g/mol. The maximum absolute atomic E-state index is 12.7. The molecule has 63 heavy (non-hydrogen) atoms. The molecule has 0 spiro atoms. The predicted molar refractivity (Wildman–Crippen MR) is 268 cm³/mol. The van der Waals surface area contributed by atoms with Crippen LogP contribution in [0.25, 0.3) is 0 Å². The van der Waals surface area contributed by atoms with Crippen molar-refractivity contribution in [2.24, 2.45) is 0 Å². The Kier molecular flexibility index (Phi) is 44.9. The monoisotopic (exact) mass is 904 g/mol. The molecule has 0 rings (SSSR count). The van der Waals surface area contributed by atoms with E-state index >= 15 is 0 Å². The van der Waals surface area contributed by atoms with E-state index in [1.54, 1.807) is 0 Å². The fourth-order valence-corrected chi connectivity index (χ4v) is 7.46. The second-order valence-corrected chi connectivity index (χ2v) is 19.6. The van der Waals surface area contributed by atoms with Gasteiger partial charge in [-0.25, -0.2) is 0 Å². The average Bonchev–Trinajstić information content (AvgIpc) is 3.24. The van der Waals surface area contributed by atoms with E-state index < -0.39 is 13.9 Å². The van der Waals surface area contributed by atoms with E-state index in [2.05, 4.69) is 86.8 Å². The van der Waals surface area contributed by atoms with Crippen molar-refractivity contribution in [2.75, 3.05) is 54.1 Å². The van der Waals surface area contributed by atoms with E-state index in [0.717, 1.165) is 83.5 Å². The van der Waals surface area contributed by atoms with E-state index in [1.807, 2.05) is 21.1 Å². The van der Waals surface area contributed by atoms with Gasteiger partial charge in [0, 0.05) is 13.0 Å². The first-order valence-electron chi connectivity index (χ1n) is 25.7. The lowest BCUT2D eigenvalue weighted by atomic mass is 10.1. The minimum absolute atomic E-state index is 0.0177. The van der Waals surface area contributed by atoms with Crippen molar-refractivity contribution in [3.8, 4) is 0 Å². The summed E-state index contributed by atoms with van der Waals surface area (Å²) in [7, 11) is 1.33. The molecule has 9 heteroatoms. The first-order valence-corrected chi connectivity index (χ1v) is 27.1. The number of rotatable bonds is 47. The van der Waals surface area contributed by atoms with Gasteiger partial charge in [-0.1, -0.05) is 183 Å². The Bertz CT molecular complexity index is 1230. The van der Waals surface area contributed by atoms with Crippen molar-refractivity contribution in [1.82, 2.24) is 0 Å². The Balaban J connectivity index is 4.22. The number of nitrogens with zero attached hydrogens (tertiary/aromatic N) is 1. The van der Waals surface area contributed by atoms with Crippen LogP contribution >= 0.6 is 7.82 Å². The molecular weight excluding hydrogens is 806 g/mol. The maximum atomic E-state index is 12.7. The highest BCUT2D eigenvalue weighted by Gasteiger charge is 2.20. The van der Waals surface area contributed by atoms with Gasteiger partial charge in [0.15, 0.2) is 0 Å². The van der Waals surface area contributed by atoms with Gasteiger partial charge in [-0.05, 0) is 89.9 Å². The standard InChI is InChI=1S/C54H98NO7P/c1-6-8-10-12-14-16-18-20-22-24-26-28-29-31-33-35-37-39-41-43-45-47-54(56)62-53(52-61-63(57,58)60-50-48-55(3,4)5)51-59-49-46-44-42-40-38-36-34-32-30-27-25-23-21-19-17-15-13-11-9-7-2/h15,17-18,20-21,23-24,26-27,29-31,53H,6-14,16,19,22,25,28,32-52H2,1-5H3/b17-15-,20-18-,23-21-,26-24-,30-27-,31-29-. The van der Waals surface area contributed by atoms with Gasteiger partial charge in [0.1, 0.15) is 19.3 Å². The summed E-state index contributed by atoms with van der Waals surface area (Å²) in [5.74, 6) is -0.351. The third-order valence-electron chi connectivity index (χ3n) is 10.7. The predicted octanol–water partition coefficient (Wildman–Crippen LogP) is 15.2. The SMILES string of the molecule is CCCCC/C=C\C/C=C\C/C=C\CCCCCCCCCOCC(COP(=O)([O-])OCC[N+](C)(C)C)OC(=O)CCCCCCCC/C=C\C/C=C\C/C=C\CCCCCCC. The summed E-state index contributed by atoms with van der Waals surface area (Å²) in [6.07, 6.45) is 60.6. The van der Waals surface area contributed by atoms with Crippen LogP contribution in [0.5, 0.6) is 0 Å². The van der Waals surface area contributed by atoms with E-state index in [9.17, 15) is 14.3 Å². The summed E-state index contributed by atoms with van der Waals surface area (Å²) in [5, 5.41) is 0. The second-order valence-electron chi connectivity index (χ2n) is 18.2. The molecule has 0 aromatic heterocycles. The highest BCUT2D eigenvalue weighted by Crippen LogP contribution is 2.38. The highest BCUT2D eigenvalue weighted by molar-refractivity contribution is 7.45. The van der Waals surface area contributed by atoms with Crippen molar-refractivity contribution >= 4 is 13.8 Å². The Labute approximate surface area is 389 Å². The molecule has 8 nitrogen and oxygen atoms in total. The molecule has 0 N–H and O–H groups in total. The van der Waals surface area contributed by atoms with Crippen LogP contribution in [0.15, 0.2) is 72.9 Å². The molecule has 0 aromatic rings. The van der Waals surface area contributed by atoms with Gasteiger partial charge in [0.05, 0.1) is 34.4 Å². The van der Waals surface area contributed by atoms with Gasteiger partial charge >= 0.3 is 5.97 Å². The van der Waals surface area contributed by atoms with Crippen molar-refractivity contribution in [1.29, 1.82) is 0 Å². The van der Waals surface area contributed by atoms with E-state index in [0.29, 0.717) is 24.1 Å². The highest BCUT2D eigenvalue weighted by atomic mass is 31.2. The molecule has 0 aliphatic carbocycles. The normalized spacial score (nSPS) is 14.2. The summed E-state index contributed by atoms with van der Waals surface area (Å²) < 4.78 is 34.7. The van der Waals surface area contributed by atoms with E-state index in [4.69, 9.17) is 18.5 Å². The molecule has 0 aliphatic rings. The van der Waals surface area contributed by atoms with Gasteiger partial charge in [0.2, 0.25) is 0 Å². The summed E-state index contributed by atoms with van der Waals surface area (Å²) in [6, 6.07) is 0. The van der Waals surface area contributed by atoms with Crippen LogP contribution in [0.1, 0.15) is 206 Å². The van der Waals surface area contributed by atoms with E-state index in [-0.39, 0.29) is 25.8 Å². The molecule has 0 saturated carbocycles. The van der Waals surface area contributed by atoms with Crippen LogP contribution < -0.4 is 4.89 Å². The van der Waals surface area contributed by atoms with Gasteiger partial charge in [-0.3, -0.25) is 9.36 Å². The number of phosphoric ester groups is 1. The molecule has 0 bridgehead atoms. The third-order valence-corrected chi connectivity index (χ3v) is 11.7. The summed E-state index contributed by atoms with van der Waals surface area (Å²) >= 11 is 0. The number of hydrogen-bond acceptors (Lipinski definition) is 7. The Morgan fingerprint density at radius 1 is 0.492 bits per heavy atom. The van der Waals surface area contributed by atoms with Gasteiger partial charge in [-0.15, -0.1) is 0 Å². The summed E-state index contributed by atoms with van der Waals surface area (Å²) in [6.45, 7) is 5.33. The van der Waals surface area contributed by atoms with Crippen LogP contribution in [0.2, 0.25) is 0 Å². The molecule has 2 atom stereocenters. The topological polar surface area (TPSA) is 94.1 Å². The minimum Gasteiger partial charge on any atom is -0.756 e. The Hall–Kier alpha value is -2.06. The molecule has 2 unspecified atom stereocenters. The number of esters is 1. The fourth-order valence-electron chi connectivity index (χ4n) is 6.74. The third kappa shape index (κ3) is 50.8. The summed E-state index contributed by atoms with van der Waals surface area (Å²) in [4.78, 5) is 25.2. The van der Waals surface area contributed by atoms with Crippen molar-refractivity contribution in [3.63, 3.8) is 0 Å². The molecule has 0 aliphatic heterocycles. The number of quaternary nitrogens is 1. The molecule has 0 heterocycles. The number of ether oxygens (including phenoxy) is 2. The first-order chi connectivity index (χ1) is 30.6. The minimum atomic E-state index is -4.54. The molecular formula is C54H98NO7P. The molecule has 0 radical (unpaired) electrons. The molecule has 366 valence electrons. The lowest BCUT2D eigenvalue weighted by molar-refractivity contribution is -0.870. The van der Waals surface area contributed by atoms with Crippen molar-refractivity contribution < 1.29 is 37.3 Å². The number of hydrogen-bond donors (Lipinski definition) is 0. The lowest BCUT2D eigenvalue weighted by Crippen LogP contribution is -2.37. The fraction of sp³-hybridized carbons (Fsp3) is 0.759. The maximum Gasteiger partial charge on any atom is 0.306 e. The number of phosphoric acid groups is 1. The Morgan fingerprint density at radius 2 is 0.873 bits per heavy atom. The summed E-state index contributed by atoms with van der Waals surface area (Å²) in [5.41, 5.74) is 0. The zero-order valence-corrected chi connectivity index (χ0v) is 42.4. The number of carbonyl (C=O) groups is 1. The van der Waals surface area contributed by atoms with Crippen LogP contribution in [-0.2, 0) is 27.9 Å². The quantitative estimate of drug-likeness (QED) is 0.0197. The number of carbonyl (C=O) groups excluding carboxylic acids is 1. The van der Waals surface area contributed by atoms with Crippen molar-refractivity contribution in [3.05, 3.63) is 72.9 Å². The lowest BCUT2D eigenvalue weighted by Gasteiger charge is -2.28. The Morgan fingerprint density at radius 3 is 1.33 bits per heavy atom. The molecule has 0 aromatic carbocycles.